The number of nitrogens with zero attached hydrogens (tertiary/aromatic N) is 2. The van der Waals surface area contributed by atoms with Gasteiger partial charge in [0.1, 0.15) is 11.5 Å². The molecule has 2 aromatic heterocycles. The number of hydrogen-bond donors (Lipinski definition) is 1. The average molecular weight is 381 g/mol. The van der Waals surface area contributed by atoms with Crippen LogP contribution >= 0.6 is 11.8 Å². The molecule has 138 valence electrons. The molecule has 0 atom stereocenters. The number of thioether (sulfide) groups is 1. The molecule has 2 heterocycles. The second kappa shape index (κ2) is 8.18. The third kappa shape index (κ3) is 4.09. The molecular formula is C20H19N3O3S. The number of hydrogen-bond acceptors (Lipinski definition) is 6. The number of methoxy groups -OCH3 is 1. The fourth-order valence-corrected chi connectivity index (χ4v) is 3.38. The Morgan fingerprint density at radius 1 is 1.04 bits per heavy atom. The largest absolute Gasteiger partial charge is 0.497 e. The molecule has 7 heteroatoms. The number of ether oxygens (including phenoxy) is 2. The lowest BCUT2D eigenvalue weighted by molar-refractivity contribution is 0.317. The number of para-hydroxylation sites is 1. The van der Waals surface area contributed by atoms with E-state index in [-0.39, 0.29) is 0 Å². The summed E-state index contributed by atoms with van der Waals surface area (Å²) in [6.45, 7) is 0.628. The van der Waals surface area contributed by atoms with Crippen molar-refractivity contribution in [1.82, 2.24) is 15.2 Å². The fraction of sp³-hybridized carbons (Fsp3) is 0.200. The van der Waals surface area contributed by atoms with Crippen LogP contribution in [0.4, 0.5) is 0 Å². The van der Waals surface area contributed by atoms with Gasteiger partial charge in [-0.15, -0.1) is 10.2 Å². The summed E-state index contributed by atoms with van der Waals surface area (Å²) >= 11 is 1.53. The van der Waals surface area contributed by atoms with E-state index in [4.69, 9.17) is 13.9 Å². The molecule has 0 aliphatic heterocycles. The van der Waals surface area contributed by atoms with Gasteiger partial charge in [-0.25, -0.2) is 0 Å². The Hall–Kier alpha value is -2.93. The molecule has 27 heavy (non-hydrogen) atoms. The molecule has 0 spiro atoms. The predicted molar refractivity (Wildman–Crippen MR) is 105 cm³/mol. The number of aromatic nitrogens is 3. The Morgan fingerprint density at radius 2 is 1.85 bits per heavy atom. The van der Waals surface area contributed by atoms with E-state index in [1.165, 1.54) is 11.8 Å². The first-order valence-electron chi connectivity index (χ1n) is 8.63. The van der Waals surface area contributed by atoms with Crippen LogP contribution < -0.4 is 9.47 Å². The van der Waals surface area contributed by atoms with Crippen LogP contribution in [0.3, 0.4) is 0 Å². The van der Waals surface area contributed by atoms with Gasteiger partial charge < -0.3 is 18.9 Å². The van der Waals surface area contributed by atoms with E-state index in [0.29, 0.717) is 17.7 Å². The van der Waals surface area contributed by atoms with Crippen LogP contribution in [0.2, 0.25) is 0 Å². The number of fused-ring (bicyclic) bond motifs is 1. The topological polar surface area (TPSA) is 73.2 Å². The van der Waals surface area contributed by atoms with Gasteiger partial charge in [-0.05, 0) is 36.8 Å². The van der Waals surface area contributed by atoms with Crippen LogP contribution in [0, 0.1) is 0 Å². The van der Waals surface area contributed by atoms with Gasteiger partial charge in [-0.2, -0.15) is 0 Å². The molecule has 0 aliphatic rings. The van der Waals surface area contributed by atoms with Crippen LogP contribution in [0.1, 0.15) is 6.42 Å². The standard InChI is InChI=1S/C20H19N3O3S/c1-24-14-7-9-15(10-8-14)25-11-4-12-27-20-23-22-19(26-20)17-13-21-18-6-3-2-5-16(17)18/h2-3,5-10,13,21H,4,11-12H2,1H3. The monoisotopic (exact) mass is 381 g/mol. The van der Waals surface area contributed by atoms with Crippen LogP contribution in [0.15, 0.2) is 64.4 Å². The minimum Gasteiger partial charge on any atom is -0.497 e. The summed E-state index contributed by atoms with van der Waals surface area (Å²) in [5, 5.41) is 9.95. The predicted octanol–water partition coefficient (Wildman–Crippen LogP) is 4.79. The van der Waals surface area contributed by atoms with E-state index in [9.17, 15) is 0 Å². The number of rotatable bonds is 8. The van der Waals surface area contributed by atoms with Crippen molar-refractivity contribution < 1.29 is 13.9 Å². The quantitative estimate of drug-likeness (QED) is 0.349. The van der Waals surface area contributed by atoms with E-state index in [0.717, 1.165) is 40.1 Å². The molecule has 0 unspecified atom stereocenters. The smallest absolute Gasteiger partial charge is 0.276 e. The van der Waals surface area contributed by atoms with Crippen LogP contribution in [-0.2, 0) is 0 Å². The van der Waals surface area contributed by atoms with Crippen molar-refractivity contribution in [3.8, 4) is 23.0 Å². The molecule has 6 nitrogen and oxygen atoms in total. The first-order valence-corrected chi connectivity index (χ1v) is 9.62. The lowest BCUT2D eigenvalue weighted by Gasteiger charge is -2.06. The third-order valence-electron chi connectivity index (χ3n) is 4.07. The summed E-state index contributed by atoms with van der Waals surface area (Å²) in [6, 6.07) is 15.6. The van der Waals surface area contributed by atoms with E-state index < -0.39 is 0 Å². The zero-order chi connectivity index (χ0) is 18.5. The van der Waals surface area contributed by atoms with Gasteiger partial charge in [-0.1, -0.05) is 30.0 Å². The maximum absolute atomic E-state index is 5.79. The number of nitrogens with one attached hydrogen (secondary N) is 1. The first-order chi connectivity index (χ1) is 13.3. The van der Waals surface area contributed by atoms with Gasteiger partial charge in [0.05, 0.1) is 19.3 Å². The third-order valence-corrected chi connectivity index (χ3v) is 4.97. The number of aromatic amines is 1. The van der Waals surface area contributed by atoms with Crippen LogP contribution in [0.5, 0.6) is 11.5 Å². The molecule has 0 saturated heterocycles. The molecular weight excluding hydrogens is 362 g/mol. The molecule has 4 rings (SSSR count). The Kier molecular flexibility index (Phi) is 5.29. The Labute approximate surface area is 160 Å². The summed E-state index contributed by atoms with van der Waals surface area (Å²) in [4.78, 5) is 3.22. The van der Waals surface area contributed by atoms with Crippen molar-refractivity contribution in [2.24, 2.45) is 0 Å². The van der Waals surface area contributed by atoms with E-state index in [2.05, 4.69) is 15.2 Å². The average Bonchev–Trinajstić information content (AvgIpc) is 3.35. The van der Waals surface area contributed by atoms with Gasteiger partial charge in [0, 0.05) is 22.9 Å². The summed E-state index contributed by atoms with van der Waals surface area (Å²) in [7, 11) is 1.65. The van der Waals surface area contributed by atoms with Gasteiger partial charge in [0.25, 0.3) is 11.1 Å². The summed E-state index contributed by atoms with van der Waals surface area (Å²) in [5.74, 6) is 3.02. The minimum atomic E-state index is 0.532. The lowest BCUT2D eigenvalue weighted by atomic mass is 10.2. The zero-order valence-electron chi connectivity index (χ0n) is 14.8. The maximum Gasteiger partial charge on any atom is 0.276 e. The molecule has 0 bridgehead atoms. The Bertz CT molecular complexity index is 1010. The molecule has 0 radical (unpaired) electrons. The molecule has 0 amide bonds. The SMILES string of the molecule is COc1ccc(OCCCSc2nnc(-c3c[nH]c4ccccc34)o2)cc1. The van der Waals surface area contributed by atoms with Gasteiger partial charge in [0.15, 0.2) is 0 Å². The Balaban J connectivity index is 1.27. The van der Waals surface area contributed by atoms with Crippen molar-refractivity contribution in [2.75, 3.05) is 19.5 Å². The van der Waals surface area contributed by atoms with E-state index in [1.54, 1.807) is 7.11 Å². The van der Waals surface area contributed by atoms with Gasteiger partial charge in [-0.3, -0.25) is 0 Å². The molecule has 1 N–H and O–H groups in total. The van der Waals surface area contributed by atoms with Crippen molar-refractivity contribution in [2.45, 2.75) is 11.6 Å². The second-order valence-corrected chi connectivity index (χ2v) is 6.89. The maximum atomic E-state index is 5.79. The summed E-state index contributed by atoms with van der Waals surface area (Å²) < 4.78 is 16.6. The molecule has 0 aliphatic carbocycles. The highest BCUT2D eigenvalue weighted by Gasteiger charge is 2.13. The minimum absolute atomic E-state index is 0.532. The highest BCUT2D eigenvalue weighted by molar-refractivity contribution is 7.99. The van der Waals surface area contributed by atoms with Crippen molar-refractivity contribution in [3.05, 3.63) is 54.7 Å². The van der Waals surface area contributed by atoms with Crippen LogP contribution in [-0.4, -0.2) is 34.7 Å². The van der Waals surface area contributed by atoms with E-state index >= 15 is 0 Å². The highest BCUT2D eigenvalue weighted by Crippen LogP contribution is 2.29. The molecule has 2 aromatic carbocycles. The van der Waals surface area contributed by atoms with Gasteiger partial charge >= 0.3 is 0 Å². The van der Waals surface area contributed by atoms with Gasteiger partial charge in [0.2, 0.25) is 0 Å². The zero-order valence-corrected chi connectivity index (χ0v) is 15.7. The van der Waals surface area contributed by atoms with E-state index in [1.807, 2.05) is 54.7 Å². The fourth-order valence-electron chi connectivity index (χ4n) is 2.71. The van der Waals surface area contributed by atoms with Crippen molar-refractivity contribution in [3.63, 3.8) is 0 Å². The second-order valence-electron chi connectivity index (χ2n) is 5.85. The van der Waals surface area contributed by atoms with Crippen molar-refractivity contribution >= 4 is 22.7 Å². The Morgan fingerprint density at radius 3 is 2.70 bits per heavy atom. The molecule has 0 saturated carbocycles. The first kappa shape index (κ1) is 17.5. The molecule has 0 fully saturated rings. The summed E-state index contributed by atoms with van der Waals surface area (Å²) in [6.07, 6.45) is 2.77. The number of benzene rings is 2. The lowest BCUT2D eigenvalue weighted by Crippen LogP contribution is -1.98. The van der Waals surface area contributed by atoms with Crippen LogP contribution in [0.25, 0.3) is 22.4 Å². The van der Waals surface area contributed by atoms with Crippen molar-refractivity contribution in [1.29, 1.82) is 0 Å². The summed E-state index contributed by atoms with van der Waals surface area (Å²) in [5.41, 5.74) is 1.98. The number of H-pyrrole nitrogens is 1. The normalized spacial score (nSPS) is 11.0. The molecule has 4 aromatic rings. The highest BCUT2D eigenvalue weighted by atomic mass is 32.2.